The molecule has 0 saturated carbocycles. The van der Waals surface area contributed by atoms with E-state index in [1.165, 1.54) is 22.7 Å². The van der Waals surface area contributed by atoms with E-state index in [1.807, 2.05) is 13.0 Å². The van der Waals surface area contributed by atoms with E-state index in [9.17, 15) is 0 Å². The van der Waals surface area contributed by atoms with Crippen LogP contribution in [0.3, 0.4) is 0 Å². The van der Waals surface area contributed by atoms with E-state index < -0.39 is 0 Å². The van der Waals surface area contributed by atoms with Crippen molar-refractivity contribution in [1.29, 1.82) is 5.26 Å². The molecular formula is C13H12N2S. The van der Waals surface area contributed by atoms with Crippen molar-refractivity contribution in [2.75, 3.05) is 5.75 Å². The van der Waals surface area contributed by atoms with Crippen molar-refractivity contribution in [3.8, 4) is 6.07 Å². The molecule has 0 fully saturated rings. The van der Waals surface area contributed by atoms with Crippen LogP contribution in [-0.4, -0.2) is 10.7 Å². The Balaban J connectivity index is 2.50. The van der Waals surface area contributed by atoms with Crippen LogP contribution in [-0.2, 0) is 0 Å². The molecule has 80 valence electrons. The lowest BCUT2D eigenvalue weighted by molar-refractivity contribution is 1.13. The first-order chi connectivity index (χ1) is 7.70. The second kappa shape index (κ2) is 4.54. The van der Waals surface area contributed by atoms with Gasteiger partial charge in [0.25, 0.3) is 0 Å². The number of nitriles is 1. The Hall–Kier alpha value is -1.53. The summed E-state index contributed by atoms with van der Waals surface area (Å²) in [5, 5.41) is 10.7. The van der Waals surface area contributed by atoms with E-state index in [2.05, 4.69) is 36.2 Å². The molecule has 0 N–H and O–H groups in total. The number of aromatic nitrogens is 1. The zero-order valence-corrected chi connectivity index (χ0v) is 10.1. The van der Waals surface area contributed by atoms with Gasteiger partial charge in [0.1, 0.15) is 5.03 Å². The number of pyridine rings is 1. The van der Waals surface area contributed by atoms with E-state index in [0.29, 0.717) is 5.75 Å². The first kappa shape index (κ1) is 11.0. The number of nitrogens with zero attached hydrogens (tertiary/aromatic N) is 2. The summed E-state index contributed by atoms with van der Waals surface area (Å²) in [5.74, 6) is 0.450. The minimum absolute atomic E-state index is 0.450. The molecule has 2 rings (SSSR count). The summed E-state index contributed by atoms with van der Waals surface area (Å²) in [5.41, 5.74) is 3.38. The summed E-state index contributed by atoms with van der Waals surface area (Å²) < 4.78 is 0. The number of thioether (sulfide) groups is 1. The van der Waals surface area contributed by atoms with Gasteiger partial charge in [0.15, 0.2) is 0 Å². The summed E-state index contributed by atoms with van der Waals surface area (Å²) in [6.07, 6.45) is 0. The SMILES string of the molecule is Cc1ccc2nc(SCC#N)c(C)cc2c1. The molecule has 1 heterocycles. The van der Waals surface area contributed by atoms with Crippen LogP contribution in [0.4, 0.5) is 0 Å². The predicted molar refractivity (Wildman–Crippen MR) is 67.6 cm³/mol. The van der Waals surface area contributed by atoms with Crippen LogP contribution in [0.15, 0.2) is 29.3 Å². The highest BCUT2D eigenvalue weighted by Gasteiger charge is 2.03. The lowest BCUT2D eigenvalue weighted by atomic mass is 10.1. The monoisotopic (exact) mass is 228 g/mol. The van der Waals surface area contributed by atoms with E-state index >= 15 is 0 Å². The normalized spacial score (nSPS) is 10.3. The molecular weight excluding hydrogens is 216 g/mol. The Labute approximate surface area is 99.3 Å². The number of fused-ring (bicyclic) bond motifs is 1. The van der Waals surface area contributed by atoms with Gasteiger partial charge in [-0.3, -0.25) is 0 Å². The first-order valence-corrected chi connectivity index (χ1v) is 6.07. The largest absolute Gasteiger partial charge is 0.241 e. The van der Waals surface area contributed by atoms with Gasteiger partial charge in [0, 0.05) is 5.39 Å². The van der Waals surface area contributed by atoms with E-state index in [-0.39, 0.29) is 0 Å². The zero-order chi connectivity index (χ0) is 11.5. The van der Waals surface area contributed by atoms with Crippen LogP contribution < -0.4 is 0 Å². The minimum atomic E-state index is 0.450. The molecule has 2 nitrogen and oxygen atoms in total. The summed E-state index contributed by atoms with van der Waals surface area (Å²) in [7, 11) is 0. The van der Waals surface area contributed by atoms with Crippen LogP contribution in [0, 0.1) is 25.2 Å². The molecule has 1 aromatic heterocycles. The first-order valence-electron chi connectivity index (χ1n) is 5.08. The third kappa shape index (κ3) is 2.17. The smallest absolute Gasteiger partial charge is 0.101 e. The quantitative estimate of drug-likeness (QED) is 0.738. The van der Waals surface area contributed by atoms with E-state index in [4.69, 9.17) is 5.26 Å². The average molecular weight is 228 g/mol. The van der Waals surface area contributed by atoms with Crippen LogP contribution in [0.25, 0.3) is 10.9 Å². The molecule has 0 bridgehead atoms. The lowest BCUT2D eigenvalue weighted by Gasteiger charge is -2.05. The Morgan fingerprint density at radius 1 is 1.31 bits per heavy atom. The average Bonchev–Trinajstić information content (AvgIpc) is 2.26. The third-order valence-corrected chi connectivity index (χ3v) is 3.35. The molecule has 0 aliphatic heterocycles. The number of benzene rings is 1. The van der Waals surface area contributed by atoms with Crippen molar-refractivity contribution in [1.82, 2.24) is 4.98 Å². The Kier molecular flexibility index (Phi) is 3.12. The van der Waals surface area contributed by atoms with Crippen molar-refractivity contribution >= 4 is 22.7 Å². The van der Waals surface area contributed by atoms with Crippen LogP contribution in [0.2, 0.25) is 0 Å². The predicted octanol–water partition coefficient (Wildman–Crippen LogP) is 3.47. The zero-order valence-electron chi connectivity index (χ0n) is 9.32. The highest BCUT2D eigenvalue weighted by molar-refractivity contribution is 7.99. The maximum atomic E-state index is 8.57. The van der Waals surface area contributed by atoms with Gasteiger partial charge < -0.3 is 0 Å². The van der Waals surface area contributed by atoms with Gasteiger partial charge in [0.2, 0.25) is 0 Å². The lowest BCUT2D eigenvalue weighted by Crippen LogP contribution is -1.89. The highest BCUT2D eigenvalue weighted by Crippen LogP contribution is 2.24. The van der Waals surface area contributed by atoms with Crippen molar-refractivity contribution in [3.63, 3.8) is 0 Å². The van der Waals surface area contributed by atoms with Crippen LogP contribution >= 0.6 is 11.8 Å². The summed E-state index contributed by atoms with van der Waals surface area (Å²) >= 11 is 1.49. The van der Waals surface area contributed by atoms with Crippen molar-refractivity contribution in [2.45, 2.75) is 18.9 Å². The van der Waals surface area contributed by atoms with Crippen LogP contribution in [0.5, 0.6) is 0 Å². The number of hydrogen-bond acceptors (Lipinski definition) is 3. The van der Waals surface area contributed by atoms with Crippen LogP contribution in [0.1, 0.15) is 11.1 Å². The molecule has 0 amide bonds. The molecule has 16 heavy (non-hydrogen) atoms. The fraction of sp³-hybridized carbons (Fsp3) is 0.231. The van der Waals surface area contributed by atoms with Crippen molar-refractivity contribution < 1.29 is 0 Å². The van der Waals surface area contributed by atoms with Gasteiger partial charge in [-0.15, -0.1) is 0 Å². The number of aryl methyl sites for hydroxylation is 2. The summed E-state index contributed by atoms with van der Waals surface area (Å²) in [6.45, 7) is 4.11. The molecule has 1 aromatic carbocycles. The fourth-order valence-electron chi connectivity index (χ4n) is 1.63. The van der Waals surface area contributed by atoms with Gasteiger partial charge in [-0.25, -0.2) is 4.98 Å². The molecule has 0 radical (unpaired) electrons. The van der Waals surface area contributed by atoms with Gasteiger partial charge in [-0.2, -0.15) is 5.26 Å². The molecule has 2 aromatic rings. The summed E-state index contributed by atoms with van der Waals surface area (Å²) in [6, 6.07) is 10.5. The maximum Gasteiger partial charge on any atom is 0.101 e. The Morgan fingerprint density at radius 2 is 2.12 bits per heavy atom. The Morgan fingerprint density at radius 3 is 2.88 bits per heavy atom. The molecule has 0 unspecified atom stereocenters. The minimum Gasteiger partial charge on any atom is -0.241 e. The molecule has 0 spiro atoms. The van der Waals surface area contributed by atoms with Gasteiger partial charge in [-0.05, 0) is 37.6 Å². The van der Waals surface area contributed by atoms with Gasteiger partial charge in [0.05, 0.1) is 17.3 Å². The number of rotatable bonds is 2. The van der Waals surface area contributed by atoms with E-state index in [0.717, 1.165) is 16.1 Å². The van der Waals surface area contributed by atoms with E-state index in [1.54, 1.807) is 0 Å². The highest BCUT2D eigenvalue weighted by atomic mass is 32.2. The second-order valence-corrected chi connectivity index (χ2v) is 4.72. The second-order valence-electron chi connectivity index (χ2n) is 3.75. The number of hydrogen-bond donors (Lipinski definition) is 0. The third-order valence-electron chi connectivity index (χ3n) is 2.39. The van der Waals surface area contributed by atoms with Crippen molar-refractivity contribution in [2.24, 2.45) is 0 Å². The fourth-order valence-corrected chi connectivity index (χ4v) is 2.28. The molecule has 0 saturated heterocycles. The molecule has 3 heteroatoms. The molecule has 0 aliphatic carbocycles. The Bertz CT molecular complexity index is 570. The van der Waals surface area contributed by atoms with Crippen molar-refractivity contribution in [3.05, 3.63) is 35.4 Å². The topological polar surface area (TPSA) is 36.7 Å². The summed E-state index contributed by atoms with van der Waals surface area (Å²) in [4.78, 5) is 4.57. The van der Waals surface area contributed by atoms with Gasteiger partial charge >= 0.3 is 0 Å². The van der Waals surface area contributed by atoms with Gasteiger partial charge in [-0.1, -0.05) is 23.4 Å². The standard InChI is InChI=1S/C13H12N2S/c1-9-3-4-12-11(7-9)8-10(2)13(15-12)16-6-5-14/h3-4,7-8H,6H2,1-2H3. The maximum absolute atomic E-state index is 8.57. The molecule has 0 atom stereocenters. The molecule has 0 aliphatic rings.